The Morgan fingerprint density at radius 1 is 1.28 bits per heavy atom. The van der Waals surface area contributed by atoms with Gasteiger partial charge in [-0.1, -0.05) is 31.9 Å². The number of aromatic nitrogens is 2. The van der Waals surface area contributed by atoms with Gasteiger partial charge >= 0.3 is 5.97 Å². The number of nitrogens with zero attached hydrogens (tertiary/aromatic N) is 3. The van der Waals surface area contributed by atoms with Crippen molar-refractivity contribution in [2.75, 3.05) is 13.7 Å². The molecule has 3 aromatic rings. The van der Waals surface area contributed by atoms with Crippen LogP contribution in [0.25, 0.3) is 10.9 Å². The Morgan fingerprint density at radius 3 is 2.72 bits per heavy atom. The number of methoxy groups -OCH3 is 1. The molecule has 29 heavy (non-hydrogen) atoms. The fourth-order valence-electron chi connectivity index (χ4n) is 2.64. The lowest BCUT2D eigenvalue weighted by Crippen LogP contribution is -2.20. The molecule has 0 radical (unpaired) electrons. The second-order valence-electron chi connectivity index (χ2n) is 5.89. The summed E-state index contributed by atoms with van der Waals surface area (Å²) in [5.74, 6) is -0.207. The summed E-state index contributed by atoms with van der Waals surface area (Å²) in [6.07, 6.45) is 1.39. The zero-order valence-corrected chi connectivity index (χ0v) is 18.5. The summed E-state index contributed by atoms with van der Waals surface area (Å²) in [4.78, 5) is 28.2. The van der Waals surface area contributed by atoms with Crippen LogP contribution in [-0.4, -0.2) is 40.7 Å². The largest absolute Gasteiger partial charge is 0.493 e. The number of fused-ring (bicyclic) bond motifs is 1. The van der Waals surface area contributed by atoms with Crippen molar-refractivity contribution in [3.05, 3.63) is 61.0 Å². The molecule has 1 aromatic heterocycles. The first-order valence-electron chi connectivity index (χ1n) is 8.25. The molecule has 1 heterocycles. The van der Waals surface area contributed by atoms with E-state index in [0.29, 0.717) is 32.5 Å². The van der Waals surface area contributed by atoms with Crippen molar-refractivity contribution in [3.8, 4) is 11.5 Å². The molecule has 10 heteroatoms. The standard InChI is InChI=1S/C19H15Br2N3O5/c1-10-23-15-4-3-12(20)6-14(15)19(27)24(10)22-8-11-5-13(21)7-16(28-2)18(11)29-9-17(25)26/h3-8H,9H2,1-2H3,(H,25,26). The zero-order chi connectivity index (χ0) is 21.1. The number of aliphatic carboxylic acids is 1. The molecule has 0 unspecified atom stereocenters. The Kier molecular flexibility index (Phi) is 6.33. The number of rotatable bonds is 6. The molecule has 0 bridgehead atoms. The molecule has 3 rings (SSSR count). The van der Waals surface area contributed by atoms with Crippen molar-refractivity contribution in [2.45, 2.75) is 6.92 Å². The quantitative estimate of drug-likeness (QED) is 0.494. The van der Waals surface area contributed by atoms with Crippen LogP contribution in [0.4, 0.5) is 0 Å². The fourth-order valence-corrected chi connectivity index (χ4v) is 3.46. The summed E-state index contributed by atoms with van der Waals surface area (Å²) in [5.41, 5.74) is 0.662. The molecule has 1 N–H and O–H groups in total. The maximum atomic E-state index is 12.9. The van der Waals surface area contributed by atoms with Gasteiger partial charge in [-0.3, -0.25) is 4.79 Å². The number of benzene rings is 2. The second-order valence-corrected chi connectivity index (χ2v) is 7.72. The molecule has 0 aliphatic heterocycles. The van der Waals surface area contributed by atoms with E-state index in [1.54, 1.807) is 31.2 Å². The molecule has 0 saturated heterocycles. The predicted molar refractivity (Wildman–Crippen MR) is 115 cm³/mol. The number of hydrogen-bond donors (Lipinski definition) is 1. The van der Waals surface area contributed by atoms with Gasteiger partial charge in [0.2, 0.25) is 0 Å². The average molecular weight is 525 g/mol. The normalized spacial score (nSPS) is 11.2. The third-order valence-electron chi connectivity index (χ3n) is 3.89. The SMILES string of the molecule is COc1cc(Br)cc(C=Nn2c(C)nc3ccc(Br)cc3c2=O)c1OCC(=O)O. The Balaban J connectivity index is 2.11. The first-order chi connectivity index (χ1) is 13.8. The summed E-state index contributed by atoms with van der Waals surface area (Å²) in [6.45, 7) is 1.12. The summed E-state index contributed by atoms with van der Waals surface area (Å²) < 4.78 is 13.2. The molecular formula is C19H15Br2N3O5. The van der Waals surface area contributed by atoms with Crippen molar-refractivity contribution in [2.24, 2.45) is 5.10 Å². The molecule has 0 saturated carbocycles. The van der Waals surface area contributed by atoms with Crippen LogP contribution < -0.4 is 15.0 Å². The van der Waals surface area contributed by atoms with Crippen molar-refractivity contribution in [1.29, 1.82) is 0 Å². The van der Waals surface area contributed by atoms with E-state index in [-0.39, 0.29) is 11.3 Å². The number of carboxylic acids is 1. The van der Waals surface area contributed by atoms with E-state index in [1.807, 2.05) is 6.07 Å². The summed E-state index contributed by atoms with van der Waals surface area (Å²) >= 11 is 6.71. The Hall–Kier alpha value is -2.72. The van der Waals surface area contributed by atoms with Gasteiger partial charge in [0.05, 0.1) is 24.2 Å². The molecule has 0 aliphatic rings. The van der Waals surface area contributed by atoms with Crippen LogP contribution >= 0.6 is 31.9 Å². The van der Waals surface area contributed by atoms with Crippen LogP contribution in [-0.2, 0) is 4.79 Å². The second kappa shape index (κ2) is 8.75. The number of hydrogen-bond acceptors (Lipinski definition) is 6. The van der Waals surface area contributed by atoms with Gasteiger partial charge in [-0.15, -0.1) is 0 Å². The Bertz CT molecular complexity index is 1190. The summed E-state index contributed by atoms with van der Waals surface area (Å²) in [7, 11) is 1.44. The third kappa shape index (κ3) is 4.65. The van der Waals surface area contributed by atoms with Crippen molar-refractivity contribution >= 4 is 54.9 Å². The van der Waals surface area contributed by atoms with Gasteiger partial charge in [0.25, 0.3) is 5.56 Å². The molecule has 8 nitrogen and oxygen atoms in total. The third-order valence-corrected chi connectivity index (χ3v) is 4.84. The van der Waals surface area contributed by atoms with E-state index >= 15 is 0 Å². The maximum Gasteiger partial charge on any atom is 0.341 e. The highest BCUT2D eigenvalue weighted by molar-refractivity contribution is 9.10. The number of carbonyl (C=O) groups is 1. The van der Waals surface area contributed by atoms with Gasteiger partial charge in [-0.05, 0) is 37.3 Å². The van der Waals surface area contributed by atoms with Gasteiger partial charge in [-0.25, -0.2) is 9.78 Å². The predicted octanol–water partition coefficient (Wildman–Crippen LogP) is 3.58. The molecule has 2 aromatic carbocycles. The minimum Gasteiger partial charge on any atom is -0.493 e. The van der Waals surface area contributed by atoms with E-state index in [4.69, 9.17) is 14.6 Å². The van der Waals surface area contributed by atoms with Crippen molar-refractivity contribution < 1.29 is 19.4 Å². The number of carboxylic acid groups (broad SMARTS) is 1. The average Bonchev–Trinajstić information content (AvgIpc) is 2.67. The van der Waals surface area contributed by atoms with Crippen molar-refractivity contribution in [1.82, 2.24) is 9.66 Å². The van der Waals surface area contributed by atoms with E-state index in [0.717, 1.165) is 4.47 Å². The van der Waals surface area contributed by atoms with Crippen LogP contribution in [0.1, 0.15) is 11.4 Å². The molecule has 0 fully saturated rings. The van der Waals surface area contributed by atoms with Crippen molar-refractivity contribution in [3.63, 3.8) is 0 Å². The molecule has 150 valence electrons. The minimum atomic E-state index is -1.13. The van der Waals surface area contributed by atoms with Gasteiger partial charge in [0.15, 0.2) is 18.1 Å². The van der Waals surface area contributed by atoms with Crippen LogP contribution in [0.2, 0.25) is 0 Å². The van der Waals surface area contributed by atoms with Crippen LogP contribution in [0.15, 0.2) is 49.2 Å². The minimum absolute atomic E-state index is 0.198. The highest BCUT2D eigenvalue weighted by Gasteiger charge is 2.14. The highest BCUT2D eigenvalue weighted by atomic mass is 79.9. The van der Waals surface area contributed by atoms with Crippen LogP contribution in [0.3, 0.4) is 0 Å². The fraction of sp³-hybridized carbons (Fsp3) is 0.158. The first-order valence-corrected chi connectivity index (χ1v) is 9.84. The van der Waals surface area contributed by atoms with Gasteiger partial charge in [0, 0.05) is 14.5 Å². The highest BCUT2D eigenvalue weighted by Crippen LogP contribution is 2.34. The number of halogens is 2. The van der Waals surface area contributed by atoms with Crippen LogP contribution in [0, 0.1) is 6.92 Å². The monoisotopic (exact) mass is 523 g/mol. The van der Waals surface area contributed by atoms with E-state index in [2.05, 4.69) is 41.9 Å². The number of ether oxygens (including phenoxy) is 2. The van der Waals surface area contributed by atoms with E-state index in [9.17, 15) is 9.59 Å². The van der Waals surface area contributed by atoms with Gasteiger partial charge < -0.3 is 14.6 Å². The lowest BCUT2D eigenvalue weighted by atomic mass is 10.2. The van der Waals surface area contributed by atoms with Gasteiger partial charge in [-0.2, -0.15) is 9.78 Å². The first kappa shape index (κ1) is 21.0. The summed E-state index contributed by atoms with van der Waals surface area (Å²) in [5, 5.41) is 13.6. The molecular weight excluding hydrogens is 510 g/mol. The van der Waals surface area contributed by atoms with E-state index in [1.165, 1.54) is 18.0 Å². The lowest BCUT2D eigenvalue weighted by Gasteiger charge is -2.13. The zero-order valence-electron chi connectivity index (χ0n) is 15.3. The van der Waals surface area contributed by atoms with Gasteiger partial charge in [0.1, 0.15) is 5.82 Å². The van der Waals surface area contributed by atoms with Crippen LogP contribution in [0.5, 0.6) is 11.5 Å². The lowest BCUT2D eigenvalue weighted by molar-refractivity contribution is -0.139. The Morgan fingerprint density at radius 2 is 2.03 bits per heavy atom. The molecule has 0 spiro atoms. The molecule has 0 atom stereocenters. The molecule has 0 aliphatic carbocycles. The molecule has 0 amide bonds. The Labute approximate surface area is 182 Å². The summed E-state index contributed by atoms with van der Waals surface area (Å²) in [6, 6.07) is 8.55. The maximum absolute atomic E-state index is 12.9. The smallest absolute Gasteiger partial charge is 0.341 e. The van der Waals surface area contributed by atoms with E-state index < -0.39 is 12.6 Å². The topological polar surface area (TPSA) is 103 Å². The number of aryl methyl sites for hydroxylation is 1.